The molecular weight excluding hydrogens is 188 g/mol. The number of carbonyl (C=O) groups excluding carboxylic acids is 1. The summed E-state index contributed by atoms with van der Waals surface area (Å²) in [7, 11) is 0. The van der Waals surface area contributed by atoms with E-state index >= 15 is 0 Å². The molecule has 0 aromatic carbocycles. The molecule has 86 valence electrons. The van der Waals surface area contributed by atoms with Gasteiger partial charge in [0.05, 0.1) is 0 Å². The van der Waals surface area contributed by atoms with Crippen molar-refractivity contribution in [2.24, 2.45) is 5.92 Å². The van der Waals surface area contributed by atoms with Gasteiger partial charge in [0.2, 0.25) is 0 Å². The van der Waals surface area contributed by atoms with Crippen molar-refractivity contribution in [1.82, 2.24) is 10.6 Å². The predicted octanol–water partition coefficient (Wildman–Crippen LogP) is 2.44. The molecule has 0 heterocycles. The van der Waals surface area contributed by atoms with E-state index in [-0.39, 0.29) is 6.03 Å². The summed E-state index contributed by atoms with van der Waals surface area (Å²) in [5, 5.41) is 5.78. The van der Waals surface area contributed by atoms with Gasteiger partial charge in [0.25, 0.3) is 0 Å². The van der Waals surface area contributed by atoms with Gasteiger partial charge in [-0.3, -0.25) is 0 Å². The lowest BCUT2D eigenvalue weighted by molar-refractivity contribution is 0.238. The van der Waals surface area contributed by atoms with Crippen LogP contribution in [-0.2, 0) is 0 Å². The molecule has 2 amide bonds. The van der Waals surface area contributed by atoms with Crippen LogP contribution in [-0.4, -0.2) is 19.1 Å². The minimum atomic E-state index is -0.0157. The number of rotatable bonds is 5. The van der Waals surface area contributed by atoms with Gasteiger partial charge in [-0.15, -0.1) is 0 Å². The van der Waals surface area contributed by atoms with Gasteiger partial charge in [0, 0.05) is 13.1 Å². The summed E-state index contributed by atoms with van der Waals surface area (Å²) in [6.07, 6.45) is 10.1. The van der Waals surface area contributed by atoms with E-state index in [0.29, 0.717) is 5.92 Å². The molecule has 0 fully saturated rings. The number of nitrogens with one attached hydrogen (secondary N) is 2. The van der Waals surface area contributed by atoms with Crippen molar-refractivity contribution < 1.29 is 4.79 Å². The summed E-state index contributed by atoms with van der Waals surface area (Å²) in [5.74, 6) is 0.631. The summed E-state index contributed by atoms with van der Waals surface area (Å²) >= 11 is 0. The lowest BCUT2D eigenvalue weighted by Crippen LogP contribution is -2.38. The Morgan fingerprint density at radius 3 is 2.93 bits per heavy atom. The smallest absolute Gasteiger partial charge is 0.314 e. The van der Waals surface area contributed by atoms with E-state index in [0.717, 1.165) is 38.8 Å². The molecule has 0 aromatic heterocycles. The van der Waals surface area contributed by atoms with Crippen LogP contribution < -0.4 is 10.6 Å². The van der Waals surface area contributed by atoms with E-state index in [1.807, 2.05) is 0 Å². The van der Waals surface area contributed by atoms with Crippen molar-refractivity contribution >= 4 is 6.03 Å². The minimum absolute atomic E-state index is 0.0157. The second-order valence-electron chi connectivity index (χ2n) is 4.14. The Kier molecular flexibility index (Phi) is 5.90. The van der Waals surface area contributed by atoms with E-state index in [1.54, 1.807) is 0 Å². The normalized spacial score (nSPS) is 19.9. The molecule has 1 rings (SSSR count). The van der Waals surface area contributed by atoms with E-state index in [1.165, 1.54) is 6.42 Å². The fourth-order valence-corrected chi connectivity index (χ4v) is 1.72. The number of carbonyl (C=O) groups is 1. The van der Waals surface area contributed by atoms with Gasteiger partial charge in [0.1, 0.15) is 0 Å². The number of unbranched alkanes of at least 4 members (excludes halogenated alkanes) is 1. The van der Waals surface area contributed by atoms with E-state index in [9.17, 15) is 4.79 Å². The Morgan fingerprint density at radius 2 is 2.27 bits per heavy atom. The first-order valence-electron chi connectivity index (χ1n) is 5.99. The van der Waals surface area contributed by atoms with Crippen molar-refractivity contribution in [2.45, 2.75) is 39.0 Å². The Labute approximate surface area is 92.3 Å². The summed E-state index contributed by atoms with van der Waals surface area (Å²) in [5.41, 5.74) is 0. The zero-order valence-corrected chi connectivity index (χ0v) is 9.59. The molecular formula is C12H22N2O. The van der Waals surface area contributed by atoms with Crippen LogP contribution >= 0.6 is 0 Å². The number of urea groups is 1. The first kappa shape index (κ1) is 12.1. The maximum atomic E-state index is 11.3. The Balaban J connectivity index is 2.03. The van der Waals surface area contributed by atoms with Crippen LogP contribution in [0.4, 0.5) is 4.79 Å². The van der Waals surface area contributed by atoms with Crippen LogP contribution in [0.2, 0.25) is 0 Å². The molecule has 15 heavy (non-hydrogen) atoms. The van der Waals surface area contributed by atoms with Crippen molar-refractivity contribution in [2.75, 3.05) is 13.1 Å². The fraction of sp³-hybridized carbons (Fsp3) is 0.750. The Hall–Kier alpha value is -0.990. The van der Waals surface area contributed by atoms with E-state index in [4.69, 9.17) is 0 Å². The molecule has 0 saturated heterocycles. The van der Waals surface area contributed by atoms with Gasteiger partial charge in [0.15, 0.2) is 0 Å². The highest BCUT2D eigenvalue weighted by atomic mass is 16.2. The van der Waals surface area contributed by atoms with Gasteiger partial charge in [-0.2, -0.15) is 0 Å². The SMILES string of the molecule is CCCCNC(=O)NCC1CC=CCC1. The van der Waals surface area contributed by atoms with E-state index in [2.05, 4.69) is 29.7 Å². The van der Waals surface area contributed by atoms with Crippen LogP contribution in [0, 0.1) is 5.92 Å². The van der Waals surface area contributed by atoms with Crippen LogP contribution in [0.25, 0.3) is 0 Å². The second-order valence-corrected chi connectivity index (χ2v) is 4.14. The highest BCUT2D eigenvalue weighted by Crippen LogP contribution is 2.16. The lowest BCUT2D eigenvalue weighted by atomic mass is 9.94. The molecule has 0 aliphatic heterocycles. The fourth-order valence-electron chi connectivity index (χ4n) is 1.72. The Bertz CT molecular complexity index is 214. The van der Waals surface area contributed by atoms with Crippen LogP contribution in [0.5, 0.6) is 0 Å². The minimum Gasteiger partial charge on any atom is -0.338 e. The van der Waals surface area contributed by atoms with Gasteiger partial charge in [-0.05, 0) is 31.6 Å². The monoisotopic (exact) mass is 210 g/mol. The highest BCUT2D eigenvalue weighted by Gasteiger charge is 2.10. The first-order valence-corrected chi connectivity index (χ1v) is 5.99. The predicted molar refractivity (Wildman–Crippen MR) is 62.8 cm³/mol. The molecule has 0 saturated carbocycles. The maximum absolute atomic E-state index is 11.3. The average molecular weight is 210 g/mol. The largest absolute Gasteiger partial charge is 0.338 e. The molecule has 1 aliphatic rings. The molecule has 3 nitrogen and oxygen atoms in total. The lowest BCUT2D eigenvalue weighted by Gasteiger charge is -2.18. The standard InChI is InChI=1S/C12H22N2O/c1-2-3-9-13-12(15)14-10-11-7-5-4-6-8-11/h4-5,11H,2-3,6-10H2,1H3,(H2,13,14,15). The molecule has 1 atom stereocenters. The summed E-state index contributed by atoms with van der Waals surface area (Å²) in [6, 6.07) is -0.0157. The topological polar surface area (TPSA) is 41.1 Å². The maximum Gasteiger partial charge on any atom is 0.314 e. The van der Waals surface area contributed by atoms with Crippen molar-refractivity contribution in [3.8, 4) is 0 Å². The van der Waals surface area contributed by atoms with Crippen molar-refractivity contribution in [3.63, 3.8) is 0 Å². The van der Waals surface area contributed by atoms with Crippen LogP contribution in [0.15, 0.2) is 12.2 Å². The molecule has 2 N–H and O–H groups in total. The molecule has 0 aromatic rings. The van der Waals surface area contributed by atoms with Gasteiger partial charge < -0.3 is 10.6 Å². The Morgan fingerprint density at radius 1 is 1.40 bits per heavy atom. The number of hydrogen-bond acceptors (Lipinski definition) is 1. The quantitative estimate of drug-likeness (QED) is 0.531. The second kappa shape index (κ2) is 7.32. The van der Waals surface area contributed by atoms with Gasteiger partial charge >= 0.3 is 6.03 Å². The number of hydrogen-bond donors (Lipinski definition) is 2. The number of allylic oxidation sites excluding steroid dienone is 2. The molecule has 3 heteroatoms. The number of amides is 2. The first-order chi connectivity index (χ1) is 7.33. The van der Waals surface area contributed by atoms with Crippen LogP contribution in [0.1, 0.15) is 39.0 Å². The van der Waals surface area contributed by atoms with Gasteiger partial charge in [-0.25, -0.2) is 4.79 Å². The van der Waals surface area contributed by atoms with Crippen LogP contribution in [0.3, 0.4) is 0 Å². The van der Waals surface area contributed by atoms with Gasteiger partial charge in [-0.1, -0.05) is 25.5 Å². The summed E-state index contributed by atoms with van der Waals surface area (Å²) in [6.45, 7) is 3.71. The molecule has 0 radical (unpaired) electrons. The third kappa shape index (κ3) is 5.45. The molecule has 1 aliphatic carbocycles. The average Bonchev–Trinajstić information content (AvgIpc) is 2.28. The molecule has 1 unspecified atom stereocenters. The molecule has 0 spiro atoms. The van der Waals surface area contributed by atoms with E-state index < -0.39 is 0 Å². The third-order valence-corrected chi connectivity index (χ3v) is 2.74. The zero-order chi connectivity index (χ0) is 10.9. The zero-order valence-electron chi connectivity index (χ0n) is 9.59. The van der Waals surface area contributed by atoms with Crippen molar-refractivity contribution in [1.29, 1.82) is 0 Å². The summed E-state index contributed by atoms with van der Waals surface area (Å²) < 4.78 is 0. The highest BCUT2D eigenvalue weighted by molar-refractivity contribution is 5.73. The summed E-state index contributed by atoms with van der Waals surface area (Å²) in [4.78, 5) is 11.3. The molecule has 0 bridgehead atoms. The van der Waals surface area contributed by atoms with Crippen molar-refractivity contribution in [3.05, 3.63) is 12.2 Å². The third-order valence-electron chi connectivity index (χ3n) is 2.74.